The number of rotatable bonds is 75. The number of ether oxygens (including phenoxy) is 4. The largest absolute Gasteiger partial charge is 0.472 e. The fourth-order valence-corrected chi connectivity index (χ4v) is 13.4. The van der Waals surface area contributed by atoms with Crippen molar-refractivity contribution in [3.63, 3.8) is 0 Å². The van der Waals surface area contributed by atoms with Crippen LogP contribution in [-0.2, 0) is 65.4 Å². The second-order valence-electron chi connectivity index (χ2n) is 29.5. The molecule has 0 aromatic rings. The van der Waals surface area contributed by atoms with Crippen LogP contribution in [0.1, 0.15) is 396 Å². The van der Waals surface area contributed by atoms with E-state index in [0.29, 0.717) is 31.6 Å². The molecule has 0 rings (SSSR count). The Balaban J connectivity index is 5.15. The Morgan fingerprint density at radius 2 is 0.495 bits per heavy atom. The number of phosphoric ester groups is 2. The van der Waals surface area contributed by atoms with Gasteiger partial charge in [0.15, 0.2) is 12.2 Å². The Morgan fingerprint density at radius 3 is 0.732 bits per heavy atom. The van der Waals surface area contributed by atoms with Crippen molar-refractivity contribution in [1.82, 2.24) is 0 Å². The van der Waals surface area contributed by atoms with Crippen molar-refractivity contribution in [2.75, 3.05) is 39.6 Å². The Bertz CT molecular complexity index is 1910. The van der Waals surface area contributed by atoms with E-state index in [0.717, 1.165) is 120 Å². The van der Waals surface area contributed by atoms with Crippen molar-refractivity contribution < 1.29 is 80.2 Å². The number of aliphatic hydroxyl groups is 1. The van der Waals surface area contributed by atoms with Gasteiger partial charge in [-0.1, -0.05) is 344 Å². The maximum atomic E-state index is 13.1. The molecule has 0 saturated carbocycles. The van der Waals surface area contributed by atoms with Crippen LogP contribution >= 0.6 is 15.6 Å². The fraction of sp³-hybridized carbons (Fsp3) is 0.949. The normalized spacial score (nSPS) is 14.6. The smallest absolute Gasteiger partial charge is 0.462 e. The first-order chi connectivity index (χ1) is 46.7. The first-order valence-corrected chi connectivity index (χ1v) is 43.3. The molecule has 0 amide bonds. The predicted molar refractivity (Wildman–Crippen MR) is 395 cm³/mol. The number of carbonyl (C=O) groups excluding carboxylic acids is 4. The molecule has 0 heterocycles. The van der Waals surface area contributed by atoms with E-state index in [-0.39, 0.29) is 25.7 Å². The SMILES string of the molecule is CCC(C)CCCCCCCCCCCCCCCCCCCCC(=O)O[C@H](COC(=O)CCCCCCCCC(C)C)COP(=O)(O)OC[C@@H](O)COP(=O)(O)OC[C@@H](COC(=O)CCCCCCCCC(C)CC)OC(=O)CCCCCCCCCCCCCCCC(C)C. The van der Waals surface area contributed by atoms with Gasteiger partial charge >= 0.3 is 39.5 Å². The van der Waals surface area contributed by atoms with E-state index in [9.17, 15) is 43.2 Å². The van der Waals surface area contributed by atoms with Crippen molar-refractivity contribution in [3.05, 3.63) is 0 Å². The van der Waals surface area contributed by atoms with Crippen molar-refractivity contribution in [2.24, 2.45) is 23.7 Å². The van der Waals surface area contributed by atoms with Crippen LogP contribution in [-0.4, -0.2) is 96.7 Å². The molecule has 576 valence electrons. The molecule has 19 heteroatoms. The van der Waals surface area contributed by atoms with Gasteiger partial charge in [0.2, 0.25) is 0 Å². The fourth-order valence-electron chi connectivity index (χ4n) is 11.8. The van der Waals surface area contributed by atoms with Crippen LogP contribution in [0, 0.1) is 23.7 Å². The molecule has 0 aliphatic heterocycles. The number of carbonyl (C=O) groups is 4. The summed E-state index contributed by atoms with van der Waals surface area (Å²) in [5.74, 6) is 0.945. The second-order valence-corrected chi connectivity index (χ2v) is 32.4. The molecule has 0 aromatic heterocycles. The number of esters is 4. The monoisotopic (exact) mass is 1420 g/mol. The molecule has 0 aliphatic rings. The zero-order valence-corrected chi connectivity index (χ0v) is 65.5. The number of hydrogen-bond acceptors (Lipinski definition) is 15. The van der Waals surface area contributed by atoms with Crippen LogP contribution in [0.4, 0.5) is 0 Å². The summed E-state index contributed by atoms with van der Waals surface area (Å²) in [6, 6.07) is 0. The second kappa shape index (κ2) is 67.2. The minimum absolute atomic E-state index is 0.106. The van der Waals surface area contributed by atoms with E-state index in [2.05, 4.69) is 55.4 Å². The van der Waals surface area contributed by atoms with Crippen molar-refractivity contribution in [2.45, 2.75) is 414 Å². The average molecular weight is 1420 g/mol. The summed E-state index contributed by atoms with van der Waals surface area (Å²) in [6.45, 7) is 14.2. The highest BCUT2D eigenvalue weighted by Crippen LogP contribution is 2.45. The van der Waals surface area contributed by atoms with Gasteiger partial charge < -0.3 is 33.8 Å². The maximum absolute atomic E-state index is 13.1. The molecule has 3 N–H and O–H groups in total. The summed E-state index contributed by atoms with van der Waals surface area (Å²) in [5.41, 5.74) is 0. The standard InChI is InChI=1S/C78H152O17P2/c1-9-70(7)56-48-40-31-27-23-19-15-13-11-12-14-16-20-24-28-32-44-52-60-77(82)94-73(64-88-75(80)58-50-42-36-34-39-47-55-69(5)6)66-92-96(84,85)90-62-72(79)63-91-97(86,87)93-67-74(65-89-76(81)59-51-43-37-35-41-49-57-71(8)10-2)95-78(83)61-53-45-33-29-25-21-17-18-22-26-30-38-46-54-68(3)4/h68-74,79H,9-67H2,1-8H3,(H,84,85)(H,86,87)/t70?,71?,72-,73-,74-/m1/s1. The van der Waals surface area contributed by atoms with Crippen LogP contribution in [0.15, 0.2) is 0 Å². The van der Waals surface area contributed by atoms with Crippen LogP contribution in [0.5, 0.6) is 0 Å². The predicted octanol–water partition coefficient (Wildman–Crippen LogP) is 22.8. The molecule has 7 atom stereocenters. The van der Waals surface area contributed by atoms with Gasteiger partial charge in [-0.15, -0.1) is 0 Å². The first kappa shape index (κ1) is 95.1. The zero-order valence-electron chi connectivity index (χ0n) is 63.7. The minimum Gasteiger partial charge on any atom is -0.462 e. The van der Waals surface area contributed by atoms with Crippen LogP contribution in [0.3, 0.4) is 0 Å². The van der Waals surface area contributed by atoms with Crippen molar-refractivity contribution in [3.8, 4) is 0 Å². The molecule has 0 aliphatic carbocycles. The Kier molecular flexibility index (Phi) is 65.9. The molecule has 4 unspecified atom stereocenters. The molecule has 17 nitrogen and oxygen atoms in total. The lowest BCUT2D eigenvalue weighted by Crippen LogP contribution is -2.30. The lowest BCUT2D eigenvalue weighted by atomic mass is 9.99. The van der Waals surface area contributed by atoms with Crippen molar-refractivity contribution >= 4 is 39.5 Å². The van der Waals surface area contributed by atoms with Gasteiger partial charge in [-0.05, 0) is 49.4 Å². The first-order valence-electron chi connectivity index (χ1n) is 40.3. The highest BCUT2D eigenvalue weighted by atomic mass is 31.2. The molecule has 0 saturated heterocycles. The van der Waals surface area contributed by atoms with Gasteiger partial charge in [0.05, 0.1) is 26.4 Å². The summed E-state index contributed by atoms with van der Waals surface area (Å²) < 4.78 is 68.5. The van der Waals surface area contributed by atoms with Crippen LogP contribution < -0.4 is 0 Å². The van der Waals surface area contributed by atoms with Crippen molar-refractivity contribution in [1.29, 1.82) is 0 Å². The Hall–Kier alpha value is -1.94. The van der Waals surface area contributed by atoms with E-state index in [1.165, 1.54) is 186 Å². The lowest BCUT2D eigenvalue weighted by molar-refractivity contribution is -0.161. The molecule has 97 heavy (non-hydrogen) atoms. The van der Waals surface area contributed by atoms with E-state index in [1.807, 2.05) is 0 Å². The summed E-state index contributed by atoms with van der Waals surface area (Å²) in [5, 5.41) is 10.6. The summed E-state index contributed by atoms with van der Waals surface area (Å²) in [6.07, 6.45) is 53.0. The van der Waals surface area contributed by atoms with Gasteiger partial charge in [-0.3, -0.25) is 37.3 Å². The van der Waals surface area contributed by atoms with E-state index < -0.39 is 97.5 Å². The van der Waals surface area contributed by atoms with Gasteiger partial charge in [0.1, 0.15) is 19.3 Å². The summed E-state index contributed by atoms with van der Waals surface area (Å²) in [4.78, 5) is 72.8. The summed E-state index contributed by atoms with van der Waals surface area (Å²) >= 11 is 0. The number of unbranched alkanes of at least 4 members (excludes halogenated alkanes) is 39. The average Bonchev–Trinajstić information content (AvgIpc) is 0.996. The highest BCUT2D eigenvalue weighted by Gasteiger charge is 2.30. The van der Waals surface area contributed by atoms with E-state index >= 15 is 0 Å². The third-order valence-corrected chi connectivity index (χ3v) is 20.7. The number of hydrogen-bond donors (Lipinski definition) is 3. The van der Waals surface area contributed by atoms with Gasteiger partial charge in [0, 0.05) is 25.7 Å². The van der Waals surface area contributed by atoms with Crippen LogP contribution in [0.25, 0.3) is 0 Å². The molecule has 0 fully saturated rings. The molecular formula is C78H152O17P2. The molecule has 0 spiro atoms. The summed E-state index contributed by atoms with van der Waals surface area (Å²) in [7, 11) is -9.91. The number of aliphatic hydroxyl groups excluding tert-OH is 1. The Labute approximate surface area is 594 Å². The van der Waals surface area contributed by atoms with Crippen LogP contribution in [0.2, 0.25) is 0 Å². The molecule has 0 aromatic carbocycles. The van der Waals surface area contributed by atoms with E-state index in [4.69, 9.17) is 37.0 Å². The highest BCUT2D eigenvalue weighted by molar-refractivity contribution is 7.47. The zero-order chi connectivity index (χ0) is 71.7. The van der Waals surface area contributed by atoms with Gasteiger partial charge in [-0.25, -0.2) is 9.13 Å². The Morgan fingerprint density at radius 1 is 0.289 bits per heavy atom. The third-order valence-electron chi connectivity index (χ3n) is 18.8. The van der Waals surface area contributed by atoms with E-state index in [1.54, 1.807) is 0 Å². The number of phosphoric acid groups is 2. The lowest BCUT2D eigenvalue weighted by Gasteiger charge is -2.21. The molecule has 0 bridgehead atoms. The minimum atomic E-state index is -4.96. The maximum Gasteiger partial charge on any atom is 0.472 e. The topological polar surface area (TPSA) is 237 Å². The third kappa shape index (κ3) is 69.5. The van der Waals surface area contributed by atoms with Gasteiger partial charge in [0.25, 0.3) is 0 Å². The quantitative estimate of drug-likeness (QED) is 0.0222. The van der Waals surface area contributed by atoms with Gasteiger partial charge in [-0.2, -0.15) is 0 Å². The molecule has 0 radical (unpaired) electrons. The molecular weight excluding hydrogens is 1270 g/mol.